The summed E-state index contributed by atoms with van der Waals surface area (Å²) in [5.74, 6) is 3.90. The van der Waals surface area contributed by atoms with Gasteiger partial charge in [0.1, 0.15) is 5.82 Å². The molecule has 0 amide bonds. The maximum Gasteiger partial charge on any atom is 0.162 e. The third-order valence-electron chi connectivity index (χ3n) is 5.31. The number of para-hydroxylation sites is 1. The van der Waals surface area contributed by atoms with Crippen LogP contribution < -0.4 is 14.4 Å². The fraction of sp³-hybridized carbons (Fsp3) is 0.364. The molecular formula is C22H25N3O2. The monoisotopic (exact) mass is 363 g/mol. The SMILES string of the molecule is COc1ccc(-c2nc(N3CCC(C)CC3)c3ccccc3n2)cc1OC. The van der Waals surface area contributed by atoms with Crippen LogP contribution in [0.3, 0.4) is 0 Å². The van der Waals surface area contributed by atoms with Gasteiger partial charge < -0.3 is 14.4 Å². The Morgan fingerprint density at radius 2 is 1.67 bits per heavy atom. The van der Waals surface area contributed by atoms with E-state index in [1.165, 1.54) is 12.8 Å². The zero-order valence-electron chi connectivity index (χ0n) is 16.1. The minimum atomic E-state index is 0.681. The smallest absolute Gasteiger partial charge is 0.162 e. The van der Waals surface area contributed by atoms with E-state index >= 15 is 0 Å². The summed E-state index contributed by atoms with van der Waals surface area (Å²) in [5.41, 5.74) is 1.89. The summed E-state index contributed by atoms with van der Waals surface area (Å²) < 4.78 is 10.8. The first-order valence-corrected chi connectivity index (χ1v) is 9.43. The van der Waals surface area contributed by atoms with Gasteiger partial charge >= 0.3 is 0 Å². The Morgan fingerprint density at radius 1 is 0.926 bits per heavy atom. The van der Waals surface area contributed by atoms with Crippen LogP contribution in [-0.4, -0.2) is 37.3 Å². The molecule has 2 heterocycles. The summed E-state index contributed by atoms with van der Waals surface area (Å²) in [6.45, 7) is 4.39. The zero-order chi connectivity index (χ0) is 18.8. The number of ether oxygens (including phenoxy) is 2. The summed E-state index contributed by atoms with van der Waals surface area (Å²) in [7, 11) is 3.28. The maximum absolute atomic E-state index is 5.45. The number of methoxy groups -OCH3 is 2. The summed E-state index contributed by atoms with van der Waals surface area (Å²) in [5, 5.41) is 1.11. The Kier molecular flexibility index (Phi) is 4.84. The van der Waals surface area contributed by atoms with E-state index in [4.69, 9.17) is 19.4 Å². The van der Waals surface area contributed by atoms with E-state index in [2.05, 4.69) is 30.0 Å². The average molecular weight is 363 g/mol. The molecule has 1 saturated heterocycles. The molecule has 27 heavy (non-hydrogen) atoms. The Hall–Kier alpha value is -2.82. The Morgan fingerprint density at radius 3 is 2.41 bits per heavy atom. The average Bonchev–Trinajstić information content (AvgIpc) is 2.73. The number of benzene rings is 2. The lowest BCUT2D eigenvalue weighted by Gasteiger charge is -2.32. The minimum absolute atomic E-state index is 0.681. The van der Waals surface area contributed by atoms with Gasteiger partial charge in [0.25, 0.3) is 0 Å². The number of nitrogens with zero attached hydrogens (tertiary/aromatic N) is 3. The first-order valence-electron chi connectivity index (χ1n) is 9.43. The summed E-state index contributed by atoms with van der Waals surface area (Å²) in [4.78, 5) is 12.2. The zero-order valence-corrected chi connectivity index (χ0v) is 16.1. The van der Waals surface area contributed by atoms with Crippen LogP contribution in [0.2, 0.25) is 0 Å². The molecule has 0 radical (unpaired) electrons. The lowest BCUT2D eigenvalue weighted by Crippen LogP contribution is -2.33. The maximum atomic E-state index is 5.45. The van der Waals surface area contributed by atoms with Crippen LogP contribution in [0.4, 0.5) is 5.82 Å². The molecular weight excluding hydrogens is 338 g/mol. The number of piperidine rings is 1. The van der Waals surface area contributed by atoms with Gasteiger partial charge in [-0.1, -0.05) is 19.1 Å². The molecule has 1 aliphatic rings. The normalized spacial score (nSPS) is 15.1. The second-order valence-electron chi connectivity index (χ2n) is 7.13. The highest BCUT2D eigenvalue weighted by Crippen LogP contribution is 2.34. The van der Waals surface area contributed by atoms with E-state index < -0.39 is 0 Å². The molecule has 4 rings (SSSR count). The highest BCUT2D eigenvalue weighted by molar-refractivity contribution is 5.91. The van der Waals surface area contributed by atoms with Gasteiger partial charge in [-0.25, -0.2) is 9.97 Å². The molecule has 0 atom stereocenters. The molecule has 1 aromatic heterocycles. The Balaban J connectivity index is 1.82. The Bertz CT molecular complexity index is 949. The number of anilines is 1. The van der Waals surface area contributed by atoms with Crippen molar-refractivity contribution in [2.75, 3.05) is 32.2 Å². The summed E-state index contributed by atoms with van der Waals surface area (Å²) >= 11 is 0. The lowest BCUT2D eigenvalue weighted by atomic mass is 9.99. The quantitative estimate of drug-likeness (QED) is 0.680. The summed E-state index contributed by atoms with van der Waals surface area (Å²) in [6.07, 6.45) is 2.40. The van der Waals surface area contributed by atoms with Crippen LogP contribution in [0.25, 0.3) is 22.3 Å². The molecule has 0 saturated carbocycles. The van der Waals surface area contributed by atoms with Crippen molar-refractivity contribution in [3.05, 3.63) is 42.5 Å². The second-order valence-corrected chi connectivity index (χ2v) is 7.13. The van der Waals surface area contributed by atoms with Crippen molar-refractivity contribution in [1.29, 1.82) is 0 Å². The van der Waals surface area contributed by atoms with E-state index in [9.17, 15) is 0 Å². The largest absolute Gasteiger partial charge is 0.493 e. The van der Waals surface area contributed by atoms with Crippen molar-refractivity contribution >= 4 is 16.7 Å². The van der Waals surface area contributed by atoms with Gasteiger partial charge in [-0.3, -0.25) is 0 Å². The minimum Gasteiger partial charge on any atom is -0.493 e. The van der Waals surface area contributed by atoms with Crippen molar-refractivity contribution in [2.24, 2.45) is 5.92 Å². The predicted octanol–water partition coefficient (Wildman–Crippen LogP) is 4.55. The van der Waals surface area contributed by atoms with E-state index in [1.54, 1.807) is 14.2 Å². The van der Waals surface area contributed by atoms with Crippen LogP contribution in [0, 0.1) is 5.92 Å². The fourth-order valence-electron chi connectivity index (χ4n) is 3.63. The molecule has 0 spiro atoms. The van der Waals surface area contributed by atoms with Crippen LogP contribution in [0.15, 0.2) is 42.5 Å². The molecule has 0 aliphatic carbocycles. The highest BCUT2D eigenvalue weighted by atomic mass is 16.5. The van der Waals surface area contributed by atoms with Gasteiger partial charge in [0.05, 0.1) is 19.7 Å². The van der Waals surface area contributed by atoms with Crippen molar-refractivity contribution < 1.29 is 9.47 Å². The highest BCUT2D eigenvalue weighted by Gasteiger charge is 2.20. The number of fused-ring (bicyclic) bond motifs is 1. The topological polar surface area (TPSA) is 47.5 Å². The fourth-order valence-corrected chi connectivity index (χ4v) is 3.63. The first-order chi connectivity index (χ1) is 13.2. The Labute approximate surface area is 160 Å². The molecule has 1 aliphatic heterocycles. The molecule has 0 bridgehead atoms. The van der Waals surface area contributed by atoms with E-state index in [0.29, 0.717) is 17.3 Å². The first kappa shape index (κ1) is 17.6. The van der Waals surface area contributed by atoms with E-state index in [1.807, 2.05) is 24.3 Å². The number of hydrogen-bond acceptors (Lipinski definition) is 5. The molecule has 140 valence electrons. The van der Waals surface area contributed by atoms with Crippen LogP contribution in [0.5, 0.6) is 11.5 Å². The van der Waals surface area contributed by atoms with Crippen LogP contribution >= 0.6 is 0 Å². The lowest BCUT2D eigenvalue weighted by molar-refractivity contribution is 0.355. The number of rotatable bonds is 4. The molecule has 5 nitrogen and oxygen atoms in total. The van der Waals surface area contributed by atoms with E-state index in [-0.39, 0.29) is 0 Å². The second kappa shape index (κ2) is 7.43. The van der Waals surface area contributed by atoms with Crippen molar-refractivity contribution in [3.8, 4) is 22.9 Å². The van der Waals surface area contributed by atoms with Gasteiger partial charge in [0.15, 0.2) is 17.3 Å². The van der Waals surface area contributed by atoms with Gasteiger partial charge in [-0.15, -0.1) is 0 Å². The standard InChI is InChI=1S/C22H25N3O2/c1-15-10-12-25(13-11-15)22-17-6-4-5-7-18(17)23-21(24-22)16-8-9-19(26-2)20(14-16)27-3/h4-9,14-15H,10-13H2,1-3H3. The number of aromatic nitrogens is 2. The molecule has 3 aromatic rings. The molecule has 1 fully saturated rings. The van der Waals surface area contributed by atoms with Crippen molar-refractivity contribution in [1.82, 2.24) is 9.97 Å². The van der Waals surface area contributed by atoms with Crippen molar-refractivity contribution in [3.63, 3.8) is 0 Å². The van der Waals surface area contributed by atoms with Gasteiger partial charge in [0.2, 0.25) is 0 Å². The van der Waals surface area contributed by atoms with Crippen LogP contribution in [-0.2, 0) is 0 Å². The molecule has 0 N–H and O–H groups in total. The number of hydrogen-bond donors (Lipinski definition) is 0. The van der Waals surface area contributed by atoms with E-state index in [0.717, 1.165) is 41.3 Å². The molecule has 2 aromatic carbocycles. The molecule has 0 unspecified atom stereocenters. The molecule has 5 heteroatoms. The predicted molar refractivity (Wildman–Crippen MR) is 109 cm³/mol. The van der Waals surface area contributed by atoms with Gasteiger partial charge in [-0.2, -0.15) is 0 Å². The van der Waals surface area contributed by atoms with Crippen LogP contribution in [0.1, 0.15) is 19.8 Å². The van der Waals surface area contributed by atoms with Gasteiger partial charge in [-0.05, 0) is 49.1 Å². The third kappa shape index (κ3) is 3.42. The van der Waals surface area contributed by atoms with Crippen molar-refractivity contribution in [2.45, 2.75) is 19.8 Å². The summed E-state index contributed by atoms with van der Waals surface area (Å²) in [6, 6.07) is 14.1. The third-order valence-corrected chi connectivity index (χ3v) is 5.31. The van der Waals surface area contributed by atoms with Gasteiger partial charge in [0, 0.05) is 24.0 Å².